The van der Waals surface area contributed by atoms with Crippen molar-refractivity contribution in [1.29, 1.82) is 0 Å². The Morgan fingerprint density at radius 3 is 2.23 bits per heavy atom. The van der Waals surface area contributed by atoms with E-state index in [-0.39, 0.29) is 29.0 Å². The van der Waals surface area contributed by atoms with Crippen molar-refractivity contribution < 1.29 is 38.2 Å². The fraction of sp³-hybridized carbons (Fsp3) is 0.281. The SMILES string of the molecule is CC(C)(C)OC(=O)C1CC(C(=O)c2ccccc2)C(c2ccccc2F)N1C(=O)CNC(=O)Nc1cccc(C(=O)O)c1. The number of halogens is 1. The summed E-state index contributed by atoms with van der Waals surface area (Å²) in [6.07, 6.45) is -0.123. The number of anilines is 1. The molecule has 3 N–H and O–H groups in total. The normalized spacial score (nSPS) is 18.0. The Labute approximate surface area is 247 Å². The molecular weight excluding hydrogens is 557 g/mol. The lowest BCUT2D eigenvalue weighted by atomic mass is 9.86. The van der Waals surface area contributed by atoms with E-state index in [0.717, 1.165) is 4.90 Å². The number of aromatic carboxylic acids is 1. The summed E-state index contributed by atoms with van der Waals surface area (Å²) >= 11 is 0. The third-order valence-corrected chi connectivity index (χ3v) is 6.85. The van der Waals surface area contributed by atoms with Crippen LogP contribution < -0.4 is 10.6 Å². The number of ketones is 1. The van der Waals surface area contributed by atoms with Gasteiger partial charge in [-0.15, -0.1) is 0 Å². The largest absolute Gasteiger partial charge is 0.478 e. The molecule has 0 aromatic heterocycles. The van der Waals surface area contributed by atoms with Gasteiger partial charge in [0.05, 0.1) is 18.2 Å². The number of carboxylic acids is 1. The lowest BCUT2D eigenvalue weighted by molar-refractivity contribution is -0.164. The average Bonchev–Trinajstić information content (AvgIpc) is 3.36. The van der Waals surface area contributed by atoms with Crippen LogP contribution >= 0.6 is 0 Å². The summed E-state index contributed by atoms with van der Waals surface area (Å²) in [4.78, 5) is 66.0. The maximum absolute atomic E-state index is 15.3. The van der Waals surface area contributed by atoms with Crippen LogP contribution in [0.3, 0.4) is 0 Å². The van der Waals surface area contributed by atoms with Crippen molar-refractivity contribution in [2.45, 2.75) is 44.9 Å². The van der Waals surface area contributed by atoms with E-state index in [9.17, 15) is 29.1 Å². The number of carbonyl (C=O) groups is 5. The number of esters is 1. The smallest absolute Gasteiger partial charge is 0.335 e. The van der Waals surface area contributed by atoms with Crippen molar-refractivity contribution in [1.82, 2.24) is 10.2 Å². The van der Waals surface area contributed by atoms with Crippen LogP contribution in [0.4, 0.5) is 14.9 Å². The Balaban J connectivity index is 1.66. The molecule has 3 aromatic rings. The second-order valence-electron chi connectivity index (χ2n) is 11.1. The molecule has 0 spiro atoms. The zero-order chi connectivity index (χ0) is 31.3. The highest BCUT2D eigenvalue weighted by Gasteiger charge is 2.52. The average molecular weight is 590 g/mol. The van der Waals surface area contributed by atoms with Crippen LogP contribution in [0, 0.1) is 11.7 Å². The molecule has 3 atom stereocenters. The molecule has 43 heavy (non-hydrogen) atoms. The number of Topliss-reactive ketones (excluding diaryl/α,β-unsaturated/α-hetero) is 1. The van der Waals surface area contributed by atoms with Crippen LogP contribution in [0.25, 0.3) is 0 Å². The molecule has 1 heterocycles. The summed E-state index contributed by atoms with van der Waals surface area (Å²) in [5, 5.41) is 14.1. The number of rotatable bonds is 8. The van der Waals surface area contributed by atoms with Gasteiger partial charge in [0.15, 0.2) is 5.78 Å². The van der Waals surface area contributed by atoms with Crippen molar-refractivity contribution in [3.05, 3.63) is 101 Å². The van der Waals surface area contributed by atoms with Gasteiger partial charge in [-0.1, -0.05) is 54.6 Å². The molecule has 1 fully saturated rings. The van der Waals surface area contributed by atoms with E-state index in [1.54, 1.807) is 57.2 Å². The van der Waals surface area contributed by atoms with Gasteiger partial charge in [0.25, 0.3) is 0 Å². The van der Waals surface area contributed by atoms with Crippen molar-refractivity contribution in [3.8, 4) is 0 Å². The van der Waals surface area contributed by atoms with Crippen LogP contribution in [0.1, 0.15) is 59.5 Å². The highest BCUT2D eigenvalue weighted by atomic mass is 19.1. The topological polar surface area (TPSA) is 142 Å². The quantitative estimate of drug-likeness (QED) is 0.252. The van der Waals surface area contributed by atoms with Gasteiger partial charge in [-0.05, 0) is 51.5 Å². The number of nitrogens with zero attached hydrogens (tertiary/aromatic N) is 1. The number of hydrogen-bond donors (Lipinski definition) is 3. The Morgan fingerprint density at radius 1 is 0.930 bits per heavy atom. The fourth-order valence-electron chi connectivity index (χ4n) is 5.08. The third kappa shape index (κ3) is 7.42. The van der Waals surface area contributed by atoms with Gasteiger partial charge in [0.1, 0.15) is 17.5 Å². The zero-order valence-corrected chi connectivity index (χ0v) is 23.9. The summed E-state index contributed by atoms with van der Waals surface area (Å²) in [6, 6.07) is 16.3. The highest BCUT2D eigenvalue weighted by molar-refractivity contribution is 6.01. The van der Waals surface area contributed by atoms with E-state index < -0.39 is 59.8 Å². The first-order chi connectivity index (χ1) is 20.4. The molecule has 0 radical (unpaired) electrons. The summed E-state index contributed by atoms with van der Waals surface area (Å²) in [5.41, 5.74) is -0.398. The molecule has 3 aromatic carbocycles. The van der Waals surface area contributed by atoms with Gasteiger partial charge in [0.2, 0.25) is 5.91 Å². The van der Waals surface area contributed by atoms with E-state index in [4.69, 9.17) is 4.74 Å². The van der Waals surface area contributed by atoms with Crippen molar-refractivity contribution >= 4 is 35.3 Å². The summed E-state index contributed by atoms with van der Waals surface area (Å²) in [6.45, 7) is 4.38. The lowest BCUT2D eigenvalue weighted by Gasteiger charge is -2.32. The maximum atomic E-state index is 15.3. The molecule has 224 valence electrons. The Morgan fingerprint density at radius 2 is 1.58 bits per heavy atom. The predicted molar refractivity (Wildman–Crippen MR) is 155 cm³/mol. The molecule has 0 aliphatic carbocycles. The van der Waals surface area contributed by atoms with E-state index in [2.05, 4.69) is 10.6 Å². The first-order valence-electron chi connectivity index (χ1n) is 13.6. The van der Waals surface area contributed by atoms with E-state index in [1.165, 1.54) is 42.5 Å². The van der Waals surface area contributed by atoms with Crippen LogP contribution in [-0.4, -0.2) is 57.9 Å². The van der Waals surface area contributed by atoms with E-state index in [0.29, 0.717) is 5.56 Å². The van der Waals surface area contributed by atoms with E-state index >= 15 is 4.39 Å². The number of amides is 3. The molecule has 4 rings (SSSR count). The number of urea groups is 1. The molecule has 0 bridgehead atoms. The molecule has 11 heteroatoms. The maximum Gasteiger partial charge on any atom is 0.335 e. The molecule has 10 nitrogen and oxygen atoms in total. The zero-order valence-electron chi connectivity index (χ0n) is 23.9. The second-order valence-corrected chi connectivity index (χ2v) is 11.1. The van der Waals surface area contributed by atoms with Crippen molar-refractivity contribution in [2.75, 3.05) is 11.9 Å². The lowest BCUT2D eigenvalue weighted by Crippen LogP contribution is -2.49. The Bertz CT molecular complexity index is 1540. The summed E-state index contributed by atoms with van der Waals surface area (Å²) < 4.78 is 20.9. The Kier molecular flexibility index (Phi) is 9.23. The third-order valence-electron chi connectivity index (χ3n) is 6.85. The summed E-state index contributed by atoms with van der Waals surface area (Å²) in [5.74, 6) is -4.72. The molecule has 3 amide bonds. The fourth-order valence-corrected chi connectivity index (χ4v) is 5.08. The van der Waals surface area contributed by atoms with Gasteiger partial charge >= 0.3 is 18.0 Å². The van der Waals surface area contributed by atoms with E-state index in [1.807, 2.05) is 0 Å². The number of ether oxygens (including phenoxy) is 1. The summed E-state index contributed by atoms with van der Waals surface area (Å²) in [7, 11) is 0. The first kappa shape index (κ1) is 30.9. The predicted octanol–water partition coefficient (Wildman–Crippen LogP) is 4.83. The highest BCUT2D eigenvalue weighted by Crippen LogP contribution is 2.44. The van der Waals surface area contributed by atoms with Crippen LogP contribution in [-0.2, 0) is 14.3 Å². The van der Waals surface area contributed by atoms with Crippen molar-refractivity contribution in [3.63, 3.8) is 0 Å². The number of likely N-dealkylation sites (tertiary alicyclic amines) is 1. The van der Waals surface area contributed by atoms with Crippen LogP contribution in [0.5, 0.6) is 0 Å². The minimum absolute atomic E-state index is 0.0473. The van der Waals surface area contributed by atoms with Gasteiger partial charge < -0.3 is 25.4 Å². The minimum Gasteiger partial charge on any atom is -0.478 e. The Hall–Kier alpha value is -5.06. The standard InChI is InChI=1S/C32H32FN3O7/c1-32(2,3)43-30(41)25-17-23(28(38)19-10-5-4-6-11-19)27(22-14-7-8-15-24(22)33)36(25)26(37)18-34-31(42)35-21-13-9-12-20(16-21)29(39)40/h4-16,23,25,27H,17-18H2,1-3H3,(H,39,40)(H2,34,35,42). The number of hydrogen-bond acceptors (Lipinski definition) is 6. The molecular formula is C32H32FN3O7. The van der Waals surface area contributed by atoms with Crippen LogP contribution in [0.2, 0.25) is 0 Å². The molecule has 1 saturated heterocycles. The van der Waals surface area contributed by atoms with Gasteiger partial charge in [0, 0.05) is 22.7 Å². The molecule has 1 aliphatic rings. The number of nitrogens with one attached hydrogen (secondary N) is 2. The van der Waals surface area contributed by atoms with Crippen LogP contribution in [0.15, 0.2) is 78.9 Å². The molecule has 3 unspecified atom stereocenters. The minimum atomic E-state index is -1.24. The molecule has 0 saturated carbocycles. The monoisotopic (exact) mass is 589 g/mol. The first-order valence-corrected chi connectivity index (χ1v) is 13.6. The van der Waals surface area contributed by atoms with Crippen molar-refractivity contribution in [2.24, 2.45) is 5.92 Å². The number of benzene rings is 3. The van der Waals surface area contributed by atoms with Gasteiger partial charge in [-0.2, -0.15) is 0 Å². The van der Waals surface area contributed by atoms with Gasteiger partial charge in [-0.3, -0.25) is 9.59 Å². The number of carbonyl (C=O) groups excluding carboxylic acids is 4. The number of carboxylic acid groups (broad SMARTS) is 1. The second kappa shape index (κ2) is 12.8. The van der Waals surface area contributed by atoms with Gasteiger partial charge in [-0.25, -0.2) is 18.8 Å². The molecule has 1 aliphatic heterocycles.